The van der Waals surface area contributed by atoms with Crippen molar-refractivity contribution in [1.29, 1.82) is 0 Å². The Morgan fingerprint density at radius 2 is 1.77 bits per heavy atom. The monoisotopic (exact) mass is 314 g/mol. The van der Waals surface area contributed by atoms with Crippen molar-refractivity contribution in [3.63, 3.8) is 0 Å². The SMILES string of the molecule is CCCCCCOc1ccc(C#Cc2ccc(Cl)nn2)cc1. The lowest BCUT2D eigenvalue weighted by atomic mass is 10.2. The van der Waals surface area contributed by atoms with Crippen molar-refractivity contribution >= 4 is 11.6 Å². The first-order valence-corrected chi connectivity index (χ1v) is 7.90. The second-order valence-electron chi connectivity index (χ2n) is 4.92. The summed E-state index contributed by atoms with van der Waals surface area (Å²) in [6, 6.07) is 11.2. The molecule has 1 aromatic carbocycles. The molecule has 0 radical (unpaired) electrons. The number of rotatable bonds is 6. The van der Waals surface area contributed by atoms with Crippen LogP contribution >= 0.6 is 11.6 Å². The minimum Gasteiger partial charge on any atom is -0.494 e. The van der Waals surface area contributed by atoms with Gasteiger partial charge in [0.15, 0.2) is 5.15 Å². The van der Waals surface area contributed by atoms with Crippen LogP contribution in [0.2, 0.25) is 5.15 Å². The molecular weight excluding hydrogens is 296 g/mol. The first kappa shape index (κ1) is 16.3. The zero-order chi connectivity index (χ0) is 15.6. The van der Waals surface area contributed by atoms with Crippen molar-refractivity contribution in [2.45, 2.75) is 32.6 Å². The molecule has 0 spiro atoms. The van der Waals surface area contributed by atoms with Crippen LogP contribution in [-0.4, -0.2) is 16.8 Å². The Hall–Kier alpha value is -2.05. The van der Waals surface area contributed by atoms with Crippen LogP contribution in [-0.2, 0) is 0 Å². The Balaban J connectivity index is 1.85. The van der Waals surface area contributed by atoms with Crippen LogP contribution in [0.4, 0.5) is 0 Å². The van der Waals surface area contributed by atoms with Gasteiger partial charge in [0.25, 0.3) is 0 Å². The van der Waals surface area contributed by atoms with Crippen LogP contribution in [0.15, 0.2) is 36.4 Å². The van der Waals surface area contributed by atoms with E-state index in [0.29, 0.717) is 10.8 Å². The zero-order valence-electron chi connectivity index (χ0n) is 12.7. The summed E-state index contributed by atoms with van der Waals surface area (Å²) >= 11 is 5.68. The van der Waals surface area contributed by atoms with Gasteiger partial charge in [-0.05, 0) is 48.7 Å². The summed E-state index contributed by atoms with van der Waals surface area (Å²) in [5.74, 6) is 6.87. The molecular formula is C18H19ClN2O. The summed E-state index contributed by atoms with van der Waals surface area (Å²) in [7, 11) is 0. The summed E-state index contributed by atoms with van der Waals surface area (Å²) in [5.41, 5.74) is 1.51. The van der Waals surface area contributed by atoms with Gasteiger partial charge >= 0.3 is 0 Å². The highest BCUT2D eigenvalue weighted by atomic mass is 35.5. The van der Waals surface area contributed by atoms with Crippen LogP contribution in [0.3, 0.4) is 0 Å². The maximum absolute atomic E-state index is 5.70. The third-order valence-corrected chi connectivity index (χ3v) is 3.29. The molecule has 0 unspecified atom stereocenters. The third-order valence-electron chi connectivity index (χ3n) is 3.09. The molecule has 22 heavy (non-hydrogen) atoms. The Labute approximate surface area is 136 Å². The first-order valence-electron chi connectivity index (χ1n) is 7.52. The van der Waals surface area contributed by atoms with Crippen LogP contribution in [0, 0.1) is 11.8 Å². The van der Waals surface area contributed by atoms with Gasteiger partial charge in [0, 0.05) is 5.56 Å². The molecule has 0 amide bonds. The van der Waals surface area contributed by atoms with E-state index >= 15 is 0 Å². The Bertz CT molecular complexity index is 627. The van der Waals surface area contributed by atoms with Gasteiger partial charge in [0.1, 0.15) is 11.4 Å². The number of benzene rings is 1. The van der Waals surface area contributed by atoms with E-state index in [2.05, 4.69) is 29.0 Å². The van der Waals surface area contributed by atoms with Gasteiger partial charge in [-0.3, -0.25) is 0 Å². The molecule has 0 fully saturated rings. The molecule has 0 atom stereocenters. The Morgan fingerprint density at radius 1 is 0.955 bits per heavy atom. The highest BCUT2D eigenvalue weighted by molar-refractivity contribution is 6.29. The van der Waals surface area contributed by atoms with Crippen molar-refractivity contribution < 1.29 is 4.74 Å². The molecule has 0 saturated heterocycles. The molecule has 1 aromatic heterocycles. The third kappa shape index (κ3) is 5.75. The summed E-state index contributed by atoms with van der Waals surface area (Å²) in [5, 5.41) is 8.02. The van der Waals surface area contributed by atoms with Gasteiger partial charge in [0.2, 0.25) is 0 Å². The van der Waals surface area contributed by atoms with Crippen molar-refractivity contribution in [3.8, 4) is 17.6 Å². The summed E-state index contributed by atoms with van der Waals surface area (Å²) < 4.78 is 5.70. The molecule has 0 aliphatic carbocycles. The number of halogens is 1. The van der Waals surface area contributed by atoms with Gasteiger partial charge in [-0.15, -0.1) is 10.2 Å². The number of ether oxygens (including phenoxy) is 1. The smallest absolute Gasteiger partial charge is 0.151 e. The second kappa shape index (κ2) is 9.07. The predicted octanol–water partition coefficient (Wildman–Crippen LogP) is 4.49. The second-order valence-corrected chi connectivity index (χ2v) is 5.31. The number of nitrogens with zero attached hydrogens (tertiary/aromatic N) is 2. The highest BCUT2D eigenvalue weighted by Gasteiger charge is 1.95. The molecule has 114 valence electrons. The van der Waals surface area contributed by atoms with E-state index in [-0.39, 0.29) is 0 Å². The Morgan fingerprint density at radius 3 is 2.45 bits per heavy atom. The summed E-state index contributed by atoms with van der Waals surface area (Å²) in [6.45, 7) is 2.97. The molecule has 0 bridgehead atoms. The van der Waals surface area contributed by atoms with Gasteiger partial charge in [-0.2, -0.15) is 0 Å². The largest absolute Gasteiger partial charge is 0.494 e. The van der Waals surface area contributed by atoms with Crippen molar-refractivity contribution in [3.05, 3.63) is 52.8 Å². The lowest BCUT2D eigenvalue weighted by molar-refractivity contribution is 0.305. The van der Waals surface area contributed by atoms with Crippen LogP contribution in [0.5, 0.6) is 5.75 Å². The topological polar surface area (TPSA) is 35.0 Å². The summed E-state index contributed by atoms with van der Waals surface area (Å²) in [6.07, 6.45) is 4.84. The fraction of sp³-hybridized carbons (Fsp3) is 0.333. The van der Waals surface area contributed by atoms with E-state index < -0.39 is 0 Å². The lowest BCUT2D eigenvalue weighted by Crippen LogP contribution is -1.96. The van der Waals surface area contributed by atoms with E-state index in [4.69, 9.17) is 16.3 Å². The number of unbranched alkanes of at least 4 members (excludes halogenated alkanes) is 3. The van der Waals surface area contributed by atoms with E-state index in [1.54, 1.807) is 12.1 Å². The highest BCUT2D eigenvalue weighted by Crippen LogP contribution is 2.12. The van der Waals surface area contributed by atoms with Crippen LogP contribution in [0.1, 0.15) is 43.9 Å². The van der Waals surface area contributed by atoms with E-state index in [9.17, 15) is 0 Å². The maximum atomic E-state index is 5.70. The fourth-order valence-electron chi connectivity index (χ4n) is 1.87. The quantitative estimate of drug-likeness (QED) is 0.582. The van der Waals surface area contributed by atoms with Crippen molar-refractivity contribution in [1.82, 2.24) is 10.2 Å². The van der Waals surface area contributed by atoms with Crippen molar-refractivity contribution in [2.24, 2.45) is 0 Å². The van der Waals surface area contributed by atoms with Crippen LogP contribution < -0.4 is 4.74 Å². The Kier molecular flexibility index (Phi) is 6.73. The van der Waals surface area contributed by atoms with E-state index in [1.165, 1.54) is 19.3 Å². The van der Waals surface area contributed by atoms with Gasteiger partial charge in [-0.25, -0.2) is 0 Å². The number of hydrogen-bond acceptors (Lipinski definition) is 3. The molecule has 2 rings (SSSR count). The molecule has 0 aliphatic heterocycles. The lowest BCUT2D eigenvalue weighted by Gasteiger charge is -2.05. The molecule has 1 heterocycles. The minimum atomic E-state index is 0.367. The average molecular weight is 315 g/mol. The summed E-state index contributed by atoms with van der Waals surface area (Å²) in [4.78, 5) is 0. The van der Waals surface area contributed by atoms with Gasteiger partial charge < -0.3 is 4.74 Å². The van der Waals surface area contributed by atoms with Crippen LogP contribution in [0.25, 0.3) is 0 Å². The molecule has 4 heteroatoms. The molecule has 3 nitrogen and oxygen atoms in total. The number of aromatic nitrogens is 2. The fourth-order valence-corrected chi connectivity index (χ4v) is 1.97. The minimum absolute atomic E-state index is 0.367. The average Bonchev–Trinajstić information content (AvgIpc) is 2.55. The maximum Gasteiger partial charge on any atom is 0.151 e. The predicted molar refractivity (Wildman–Crippen MR) is 89.1 cm³/mol. The number of hydrogen-bond donors (Lipinski definition) is 0. The molecule has 2 aromatic rings. The molecule has 0 aliphatic rings. The normalized spacial score (nSPS) is 9.91. The molecule has 0 N–H and O–H groups in total. The van der Waals surface area contributed by atoms with Crippen molar-refractivity contribution in [2.75, 3.05) is 6.61 Å². The molecule has 0 saturated carbocycles. The van der Waals surface area contributed by atoms with Gasteiger partial charge in [-0.1, -0.05) is 43.7 Å². The van der Waals surface area contributed by atoms with Gasteiger partial charge in [0.05, 0.1) is 6.61 Å². The first-order chi connectivity index (χ1) is 10.8. The van der Waals surface area contributed by atoms with E-state index in [1.807, 2.05) is 24.3 Å². The zero-order valence-corrected chi connectivity index (χ0v) is 13.4. The standard InChI is InChI=1S/C18H19ClN2O/c1-2-3-4-5-14-22-17-11-7-15(8-12-17)6-9-16-10-13-18(19)21-20-16/h7-8,10-13H,2-5,14H2,1H3. The van der Waals surface area contributed by atoms with E-state index in [0.717, 1.165) is 24.3 Å².